The van der Waals surface area contributed by atoms with Gasteiger partial charge in [-0.2, -0.15) is 5.10 Å². The van der Waals surface area contributed by atoms with Crippen molar-refractivity contribution in [1.29, 1.82) is 0 Å². The van der Waals surface area contributed by atoms with Crippen molar-refractivity contribution in [1.82, 2.24) is 5.43 Å². The number of hydrogen-bond donors (Lipinski definition) is 1. The molecule has 2 aromatic carbocycles. The molecule has 6 nitrogen and oxygen atoms in total. The first-order valence-electron chi connectivity index (χ1n) is 7.43. The number of amides is 1. The number of nitrogens with one attached hydrogen (secondary N) is 1. The average Bonchev–Trinajstić information content (AvgIpc) is 3.01. The van der Waals surface area contributed by atoms with E-state index in [1.54, 1.807) is 12.1 Å². The first kappa shape index (κ1) is 19.0. The van der Waals surface area contributed by atoms with Gasteiger partial charge in [0, 0.05) is 11.6 Å². The van der Waals surface area contributed by atoms with Crippen LogP contribution in [0.15, 0.2) is 38.3 Å². The van der Waals surface area contributed by atoms with E-state index in [1.165, 1.54) is 6.21 Å². The minimum atomic E-state index is -0.405. The Kier molecular flexibility index (Phi) is 6.05. The summed E-state index contributed by atoms with van der Waals surface area (Å²) in [5.41, 5.74) is 4.05. The summed E-state index contributed by atoms with van der Waals surface area (Å²) in [6.07, 6.45) is 1.43. The second-order valence-electron chi connectivity index (χ2n) is 5.37. The van der Waals surface area contributed by atoms with Gasteiger partial charge in [-0.3, -0.25) is 4.79 Å². The normalized spacial score (nSPS) is 12.5. The Morgan fingerprint density at radius 2 is 1.92 bits per heavy atom. The van der Waals surface area contributed by atoms with Crippen molar-refractivity contribution in [2.24, 2.45) is 5.10 Å². The molecule has 9 heteroatoms. The monoisotopic (exact) mass is 502 g/mol. The van der Waals surface area contributed by atoms with Crippen LogP contribution in [0.3, 0.4) is 0 Å². The molecular formula is C17H13Br2ClN2O4. The fourth-order valence-corrected chi connectivity index (χ4v) is 4.05. The van der Waals surface area contributed by atoms with Gasteiger partial charge in [0.2, 0.25) is 6.79 Å². The van der Waals surface area contributed by atoms with Crippen molar-refractivity contribution in [3.8, 4) is 17.2 Å². The van der Waals surface area contributed by atoms with Crippen molar-refractivity contribution >= 4 is 55.6 Å². The number of hydrogen-bond acceptors (Lipinski definition) is 5. The molecule has 1 heterocycles. The highest BCUT2D eigenvalue weighted by Gasteiger charge is 2.16. The third-order valence-electron chi connectivity index (χ3n) is 3.38. The summed E-state index contributed by atoms with van der Waals surface area (Å²) in [5, 5.41) is 4.33. The molecule has 0 unspecified atom stereocenters. The van der Waals surface area contributed by atoms with Crippen LogP contribution >= 0.6 is 43.5 Å². The fourth-order valence-electron chi connectivity index (χ4n) is 2.20. The number of benzene rings is 2. The Morgan fingerprint density at radius 3 is 2.62 bits per heavy atom. The van der Waals surface area contributed by atoms with Crippen LogP contribution in [0.2, 0.25) is 5.02 Å². The highest BCUT2D eigenvalue weighted by molar-refractivity contribution is 9.11. The van der Waals surface area contributed by atoms with Crippen LogP contribution in [0.1, 0.15) is 11.1 Å². The van der Waals surface area contributed by atoms with Gasteiger partial charge >= 0.3 is 0 Å². The molecule has 0 aromatic heterocycles. The summed E-state index contributed by atoms with van der Waals surface area (Å²) in [6, 6.07) is 7.13. The summed E-state index contributed by atoms with van der Waals surface area (Å²) in [5.74, 6) is 1.31. The van der Waals surface area contributed by atoms with Crippen LogP contribution in [-0.2, 0) is 4.79 Å². The zero-order valence-electron chi connectivity index (χ0n) is 13.5. The third kappa shape index (κ3) is 4.49. The van der Waals surface area contributed by atoms with E-state index in [9.17, 15) is 4.79 Å². The molecule has 0 bridgehead atoms. The predicted octanol–water partition coefficient (Wildman–Crippen LogP) is 4.43. The molecule has 3 rings (SSSR count). The Hall–Kier alpha value is -1.77. The molecule has 0 saturated heterocycles. The Balaban J connectivity index is 1.57. The molecular weight excluding hydrogens is 491 g/mol. The fraction of sp³-hybridized carbons (Fsp3) is 0.176. The molecule has 0 aliphatic carbocycles. The summed E-state index contributed by atoms with van der Waals surface area (Å²) in [7, 11) is 0. The number of rotatable bonds is 5. The molecule has 0 spiro atoms. The van der Waals surface area contributed by atoms with Crippen LogP contribution in [0, 0.1) is 6.92 Å². The molecule has 2 aromatic rings. The van der Waals surface area contributed by atoms with Gasteiger partial charge in [0.05, 0.1) is 20.2 Å². The lowest BCUT2D eigenvalue weighted by Gasteiger charge is -2.10. The minimum Gasteiger partial charge on any atom is -0.481 e. The van der Waals surface area contributed by atoms with Crippen LogP contribution in [0.25, 0.3) is 0 Å². The summed E-state index contributed by atoms with van der Waals surface area (Å²) < 4.78 is 17.6. The van der Waals surface area contributed by atoms with E-state index in [0.717, 1.165) is 14.5 Å². The predicted molar refractivity (Wildman–Crippen MR) is 105 cm³/mol. The second kappa shape index (κ2) is 8.28. The SMILES string of the molecule is Cc1cc(Br)c(OCC(=O)NN=Cc2cc3c(cc2Cl)OCO3)c(Br)c1. The molecule has 0 fully saturated rings. The molecule has 1 aliphatic rings. The number of ether oxygens (including phenoxy) is 3. The van der Waals surface area contributed by atoms with E-state index < -0.39 is 5.91 Å². The van der Waals surface area contributed by atoms with Gasteiger partial charge in [0.15, 0.2) is 18.1 Å². The number of carbonyl (C=O) groups is 1. The number of carbonyl (C=O) groups excluding carboxylic acids is 1. The molecule has 0 atom stereocenters. The Bertz CT molecular complexity index is 866. The van der Waals surface area contributed by atoms with Gasteiger partial charge in [-0.05, 0) is 62.5 Å². The lowest BCUT2D eigenvalue weighted by molar-refractivity contribution is -0.123. The minimum absolute atomic E-state index is 0.157. The van der Waals surface area contributed by atoms with Crippen molar-refractivity contribution in [3.05, 3.63) is 49.4 Å². The zero-order chi connectivity index (χ0) is 18.7. The molecule has 1 amide bonds. The van der Waals surface area contributed by atoms with Crippen LogP contribution < -0.4 is 19.6 Å². The Labute approximate surface area is 171 Å². The largest absolute Gasteiger partial charge is 0.481 e. The quantitative estimate of drug-likeness (QED) is 0.483. The molecule has 0 radical (unpaired) electrons. The third-order valence-corrected chi connectivity index (χ3v) is 4.88. The van der Waals surface area contributed by atoms with E-state index in [2.05, 4.69) is 42.4 Å². The number of fused-ring (bicyclic) bond motifs is 1. The van der Waals surface area contributed by atoms with Gasteiger partial charge in [0.1, 0.15) is 5.75 Å². The maximum atomic E-state index is 11.9. The van der Waals surface area contributed by atoms with Gasteiger partial charge in [-0.1, -0.05) is 11.6 Å². The summed E-state index contributed by atoms with van der Waals surface area (Å²) >= 11 is 13.0. The average molecular weight is 505 g/mol. The highest BCUT2D eigenvalue weighted by atomic mass is 79.9. The maximum absolute atomic E-state index is 11.9. The summed E-state index contributed by atoms with van der Waals surface area (Å²) in [4.78, 5) is 11.9. The van der Waals surface area contributed by atoms with Gasteiger partial charge in [0.25, 0.3) is 5.91 Å². The highest BCUT2D eigenvalue weighted by Crippen LogP contribution is 2.36. The Morgan fingerprint density at radius 1 is 1.27 bits per heavy atom. The molecule has 0 saturated carbocycles. The van der Waals surface area contributed by atoms with Gasteiger partial charge < -0.3 is 14.2 Å². The number of hydrazone groups is 1. The first-order valence-corrected chi connectivity index (χ1v) is 9.40. The van der Waals surface area contributed by atoms with Crippen LogP contribution in [0.4, 0.5) is 0 Å². The van der Waals surface area contributed by atoms with E-state index >= 15 is 0 Å². The molecule has 136 valence electrons. The topological polar surface area (TPSA) is 69.2 Å². The molecule has 1 N–H and O–H groups in total. The van der Waals surface area contributed by atoms with Crippen molar-refractivity contribution in [3.63, 3.8) is 0 Å². The van der Waals surface area contributed by atoms with E-state index in [-0.39, 0.29) is 13.4 Å². The van der Waals surface area contributed by atoms with Crippen molar-refractivity contribution in [2.45, 2.75) is 6.92 Å². The van der Waals surface area contributed by atoms with Crippen LogP contribution in [0.5, 0.6) is 17.2 Å². The smallest absolute Gasteiger partial charge is 0.277 e. The maximum Gasteiger partial charge on any atom is 0.277 e. The van der Waals surface area contributed by atoms with E-state index in [4.69, 9.17) is 25.8 Å². The molecule has 1 aliphatic heterocycles. The molecule has 26 heavy (non-hydrogen) atoms. The number of halogens is 3. The standard InChI is InChI=1S/C17H13Br2ClN2O4/c1-9-2-11(18)17(12(19)3-9)24-7-16(23)22-21-6-10-4-14-15(5-13(10)20)26-8-25-14/h2-6H,7-8H2,1H3,(H,22,23). The first-order chi connectivity index (χ1) is 12.4. The zero-order valence-corrected chi connectivity index (χ0v) is 17.4. The van der Waals surface area contributed by atoms with Crippen molar-refractivity contribution < 1.29 is 19.0 Å². The lowest BCUT2D eigenvalue weighted by atomic mass is 10.2. The van der Waals surface area contributed by atoms with Gasteiger partial charge in [-0.25, -0.2) is 5.43 Å². The second-order valence-corrected chi connectivity index (χ2v) is 7.48. The van der Waals surface area contributed by atoms with Crippen LogP contribution in [-0.4, -0.2) is 25.5 Å². The van der Waals surface area contributed by atoms with E-state index in [0.29, 0.717) is 27.8 Å². The van der Waals surface area contributed by atoms with Crippen molar-refractivity contribution in [2.75, 3.05) is 13.4 Å². The van der Waals surface area contributed by atoms with E-state index in [1.807, 2.05) is 19.1 Å². The number of nitrogens with zero attached hydrogens (tertiary/aromatic N) is 1. The number of aryl methyl sites for hydroxylation is 1. The summed E-state index contributed by atoms with van der Waals surface area (Å²) in [6.45, 7) is 1.93. The van der Waals surface area contributed by atoms with Gasteiger partial charge in [-0.15, -0.1) is 0 Å². The lowest BCUT2D eigenvalue weighted by Crippen LogP contribution is -2.24.